The molecule has 0 aromatic carbocycles. The van der Waals surface area contributed by atoms with E-state index in [1.807, 2.05) is 0 Å². The molecule has 0 aromatic heterocycles. The van der Waals surface area contributed by atoms with Gasteiger partial charge in [-0.3, -0.25) is 4.90 Å². The van der Waals surface area contributed by atoms with Crippen molar-refractivity contribution in [3.63, 3.8) is 0 Å². The van der Waals surface area contributed by atoms with E-state index in [4.69, 9.17) is 9.90 Å². The zero-order chi connectivity index (χ0) is 15.2. The Morgan fingerprint density at radius 1 is 1.10 bits per heavy atom. The van der Waals surface area contributed by atoms with Crippen LogP contribution in [0.3, 0.4) is 0 Å². The van der Waals surface area contributed by atoms with E-state index in [0.717, 1.165) is 6.92 Å². The van der Waals surface area contributed by atoms with Gasteiger partial charge in [0.25, 0.3) is 0 Å². The van der Waals surface area contributed by atoms with Gasteiger partial charge in [-0.05, 0) is 32.8 Å². The zero-order valence-corrected chi connectivity index (χ0v) is 13.4. The first kappa shape index (κ1) is 18.9. The van der Waals surface area contributed by atoms with Crippen molar-refractivity contribution < 1.29 is 14.8 Å². The number of hydrogen-bond acceptors (Lipinski definition) is 2. The Kier molecular flexibility index (Phi) is 12.2. The molecule has 20 heavy (non-hydrogen) atoms. The van der Waals surface area contributed by atoms with Gasteiger partial charge in [0.15, 0.2) is 0 Å². The van der Waals surface area contributed by atoms with Crippen molar-refractivity contribution in [2.24, 2.45) is 0 Å². The van der Waals surface area contributed by atoms with Crippen molar-refractivity contribution in [3.05, 3.63) is 24.0 Å². The maximum absolute atomic E-state index is 8.89. The van der Waals surface area contributed by atoms with E-state index in [0.29, 0.717) is 0 Å². The number of allylic oxidation sites excluding steroid dienone is 2. The van der Waals surface area contributed by atoms with Crippen LogP contribution < -0.4 is 10.0 Å². The average molecular weight is 281 g/mol. The molecule has 116 valence electrons. The fourth-order valence-electron chi connectivity index (χ4n) is 2.25. The van der Waals surface area contributed by atoms with Gasteiger partial charge in [0.05, 0.1) is 12.7 Å². The number of nitrogens with one attached hydrogen (secondary N) is 1. The summed E-state index contributed by atoms with van der Waals surface area (Å²) in [6.45, 7) is 6.71. The summed E-state index contributed by atoms with van der Waals surface area (Å²) in [5, 5.41) is 8.89. The predicted molar refractivity (Wildman–Crippen MR) is 82.0 cm³/mol. The van der Waals surface area contributed by atoms with Crippen LogP contribution in [0.1, 0.15) is 72.1 Å². The van der Waals surface area contributed by atoms with E-state index in [2.05, 4.69) is 32.3 Å². The summed E-state index contributed by atoms with van der Waals surface area (Å²) in [6.07, 6.45) is 18.2. The monoisotopic (exact) mass is 281 g/mol. The van der Waals surface area contributed by atoms with Gasteiger partial charge < -0.3 is 9.90 Å². The van der Waals surface area contributed by atoms with E-state index in [9.17, 15) is 0 Å². The molecule has 1 unspecified atom stereocenters. The number of unbranched alkanes of at least 4 members (excludes halogenated alkanes) is 7. The van der Waals surface area contributed by atoms with Gasteiger partial charge in [-0.2, -0.15) is 0 Å². The summed E-state index contributed by atoms with van der Waals surface area (Å²) >= 11 is 0. The minimum absolute atomic E-state index is 0.972. The highest BCUT2D eigenvalue weighted by atomic mass is 16.4. The number of carboxylic acids is 1. The molecule has 3 nitrogen and oxygen atoms in total. The molecule has 0 amide bonds. The lowest BCUT2D eigenvalue weighted by Crippen LogP contribution is -3.01. The Bertz CT molecular complexity index is 304. The molecule has 0 aromatic rings. The summed E-state index contributed by atoms with van der Waals surface area (Å²) < 4.78 is 0. The van der Waals surface area contributed by atoms with Crippen molar-refractivity contribution in [1.82, 2.24) is 0 Å². The molecular weight excluding hydrogens is 250 g/mol. The van der Waals surface area contributed by atoms with E-state index in [1.165, 1.54) is 68.4 Å². The molecule has 1 aliphatic heterocycles. The molecule has 1 atom stereocenters. The Labute approximate surface area is 124 Å². The van der Waals surface area contributed by atoms with Gasteiger partial charge in [0.1, 0.15) is 6.20 Å². The first-order valence-electron chi connectivity index (χ1n) is 7.96. The second kappa shape index (κ2) is 12.9. The summed E-state index contributed by atoms with van der Waals surface area (Å²) in [6, 6.07) is 0. The standard InChI is InChI=1S/C15H27N.C2H4O2/c1-3-4-5-6-7-8-9-10-12-16-13-11-15(2)14-16;1-2(3)4/h11,13-14H,3-10,12H2,1-2H3;1H3,(H,3,4). The predicted octanol–water partition coefficient (Wildman–Crippen LogP) is 2.20. The van der Waals surface area contributed by atoms with Crippen LogP contribution in [0.5, 0.6) is 0 Å². The van der Waals surface area contributed by atoms with Gasteiger partial charge in [-0.25, -0.2) is 0 Å². The highest BCUT2D eigenvalue weighted by Crippen LogP contribution is 2.07. The maximum atomic E-state index is 8.89. The lowest BCUT2D eigenvalue weighted by atomic mass is 10.1. The number of carboxylic acid groups (broad SMARTS) is 1. The number of rotatable bonds is 9. The van der Waals surface area contributed by atoms with Gasteiger partial charge in [0.2, 0.25) is 0 Å². The largest absolute Gasteiger partial charge is 0.550 e. The molecule has 1 aliphatic rings. The van der Waals surface area contributed by atoms with Gasteiger partial charge in [0, 0.05) is 11.5 Å². The van der Waals surface area contributed by atoms with E-state index in [-0.39, 0.29) is 0 Å². The molecule has 1 rings (SSSR count). The normalized spacial score (nSPS) is 16.6. The maximum Gasteiger partial charge on any atom is 0.102 e. The van der Waals surface area contributed by atoms with Crippen LogP contribution in [0.15, 0.2) is 24.0 Å². The molecule has 1 N–H and O–H groups in total. The zero-order valence-electron chi connectivity index (χ0n) is 13.4. The summed E-state index contributed by atoms with van der Waals surface area (Å²) in [4.78, 5) is 10.4. The Morgan fingerprint density at radius 3 is 2.05 bits per heavy atom. The van der Waals surface area contributed by atoms with Crippen LogP contribution in [0.2, 0.25) is 0 Å². The van der Waals surface area contributed by atoms with Gasteiger partial charge in [-0.1, -0.05) is 45.4 Å². The van der Waals surface area contributed by atoms with Gasteiger partial charge in [-0.15, -0.1) is 0 Å². The molecule has 0 bridgehead atoms. The first-order chi connectivity index (χ1) is 9.56. The number of aliphatic carboxylic acids is 1. The highest BCUT2D eigenvalue weighted by molar-refractivity contribution is 5.60. The van der Waals surface area contributed by atoms with Crippen LogP contribution >= 0.6 is 0 Å². The third-order valence-corrected chi connectivity index (χ3v) is 3.29. The SMILES string of the molecule is CC(=O)[O-].CCCCCCCCCC[NH+]1C=CC(C)=C1. The van der Waals surface area contributed by atoms with Crippen molar-refractivity contribution in [1.29, 1.82) is 0 Å². The summed E-state index contributed by atoms with van der Waals surface area (Å²) in [5.41, 5.74) is 1.41. The van der Waals surface area contributed by atoms with Gasteiger partial charge >= 0.3 is 0 Å². The van der Waals surface area contributed by atoms with Crippen LogP contribution in [0, 0.1) is 0 Å². The number of quaternary nitrogens is 1. The average Bonchev–Trinajstić information content (AvgIpc) is 2.78. The summed E-state index contributed by atoms with van der Waals surface area (Å²) in [5.74, 6) is -1.08. The van der Waals surface area contributed by atoms with Crippen LogP contribution in [-0.4, -0.2) is 12.5 Å². The molecule has 0 saturated heterocycles. The van der Waals surface area contributed by atoms with E-state index < -0.39 is 5.97 Å². The van der Waals surface area contributed by atoms with E-state index in [1.54, 1.807) is 0 Å². The minimum atomic E-state index is -1.08. The van der Waals surface area contributed by atoms with Crippen molar-refractivity contribution in [3.8, 4) is 0 Å². The first-order valence-corrected chi connectivity index (χ1v) is 7.96. The second-order valence-corrected chi connectivity index (χ2v) is 5.51. The third kappa shape index (κ3) is 13.3. The third-order valence-electron chi connectivity index (χ3n) is 3.29. The quantitative estimate of drug-likeness (QED) is 0.659. The fraction of sp³-hybridized carbons (Fsp3) is 0.706. The lowest BCUT2D eigenvalue weighted by Gasteiger charge is -2.06. The van der Waals surface area contributed by atoms with Crippen molar-refractivity contribution in [2.75, 3.05) is 6.54 Å². The fourth-order valence-corrected chi connectivity index (χ4v) is 2.25. The Balaban J connectivity index is 0.000000796. The molecule has 3 heteroatoms. The second-order valence-electron chi connectivity index (χ2n) is 5.51. The topological polar surface area (TPSA) is 44.6 Å². The highest BCUT2D eigenvalue weighted by Gasteiger charge is 2.06. The number of carbonyl (C=O) groups excluding carboxylic acids is 1. The molecule has 0 spiro atoms. The molecular formula is C17H31NO2. The smallest absolute Gasteiger partial charge is 0.102 e. The Morgan fingerprint density at radius 2 is 1.60 bits per heavy atom. The Hall–Kier alpha value is -1.09. The lowest BCUT2D eigenvalue weighted by molar-refractivity contribution is -0.788. The van der Waals surface area contributed by atoms with Crippen molar-refractivity contribution >= 4 is 5.97 Å². The number of carbonyl (C=O) groups is 1. The molecule has 0 aliphatic carbocycles. The molecule has 1 heterocycles. The summed E-state index contributed by atoms with van der Waals surface area (Å²) in [7, 11) is 0. The van der Waals surface area contributed by atoms with Crippen LogP contribution in [-0.2, 0) is 4.79 Å². The van der Waals surface area contributed by atoms with Crippen LogP contribution in [0.25, 0.3) is 0 Å². The molecule has 0 fully saturated rings. The molecule has 0 radical (unpaired) electrons. The minimum Gasteiger partial charge on any atom is -0.550 e. The number of hydrogen-bond donors (Lipinski definition) is 1. The van der Waals surface area contributed by atoms with Crippen LogP contribution in [0.4, 0.5) is 0 Å². The van der Waals surface area contributed by atoms with Crippen molar-refractivity contribution in [2.45, 2.75) is 72.1 Å². The molecule has 0 saturated carbocycles. The van der Waals surface area contributed by atoms with E-state index >= 15 is 0 Å².